The van der Waals surface area contributed by atoms with Crippen LogP contribution in [0.4, 0.5) is 0 Å². The molecule has 128 valence electrons. The van der Waals surface area contributed by atoms with Gasteiger partial charge in [-0.25, -0.2) is 0 Å². The first-order chi connectivity index (χ1) is 12.2. The van der Waals surface area contributed by atoms with E-state index in [0.717, 1.165) is 60.4 Å². The number of fused-ring (bicyclic) bond motifs is 1. The number of nitrogens with one attached hydrogen (secondary N) is 1. The van der Waals surface area contributed by atoms with Gasteiger partial charge in [-0.15, -0.1) is 0 Å². The molecule has 5 nitrogen and oxygen atoms in total. The first-order valence-electron chi connectivity index (χ1n) is 8.71. The van der Waals surface area contributed by atoms with Crippen LogP contribution in [0.2, 0.25) is 0 Å². The SMILES string of the molecule is CC(=O)c1ccc(-c2cccc3c2cnn3CN2CCNCC2)cc1. The zero-order valence-corrected chi connectivity index (χ0v) is 14.4. The summed E-state index contributed by atoms with van der Waals surface area (Å²) in [6.45, 7) is 6.58. The van der Waals surface area contributed by atoms with Crippen molar-refractivity contribution < 1.29 is 4.79 Å². The maximum Gasteiger partial charge on any atom is 0.159 e. The Hall–Kier alpha value is -2.50. The average Bonchev–Trinajstić information content (AvgIpc) is 3.06. The number of hydrogen-bond donors (Lipinski definition) is 1. The second kappa shape index (κ2) is 6.78. The van der Waals surface area contributed by atoms with Crippen LogP contribution in [-0.4, -0.2) is 46.6 Å². The third-order valence-electron chi connectivity index (χ3n) is 4.83. The van der Waals surface area contributed by atoms with Gasteiger partial charge in [0.15, 0.2) is 5.78 Å². The Kier molecular flexibility index (Phi) is 4.34. The van der Waals surface area contributed by atoms with Crippen LogP contribution >= 0.6 is 0 Å². The van der Waals surface area contributed by atoms with Gasteiger partial charge in [-0.3, -0.25) is 14.4 Å². The first kappa shape index (κ1) is 16.0. The second-order valence-corrected chi connectivity index (χ2v) is 6.53. The highest BCUT2D eigenvalue weighted by molar-refractivity contribution is 5.97. The molecule has 1 fully saturated rings. The fourth-order valence-electron chi connectivity index (χ4n) is 3.39. The molecule has 0 atom stereocenters. The summed E-state index contributed by atoms with van der Waals surface area (Å²) in [5.41, 5.74) is 4.15. The lowest BCUT2D eigenvalue weighted by atomic mass is 10.00. The van der Waals surface area contributed by atoms with Gasteiger partial charge >= 0.3 is 0 Å². The maximum absolute atomic E-state index is 11.5. The number of carbonyl (C=O) groups is 1. The van der Waals surface area contributed by atoms with Crippen molar-refractivity contribution in [3.8, 4) is 11.1 Å². The number of benzene rings is 2. The third kappa shape index (κ3) is 3.21. The number of nitrogens with zero attached hydrogens (tertiary/aromatic N) is 3. The summed E-state index contributed by atoms with van der Waals surface area (Å²) in [7, 11) is 0. The van der Waals surface area contributed by atoms with E-state index < -0.39 is 0 Å². The van der Waals surface area contributed by atoms with Gasteiger partial charge in [-0.1, -0.05) is 36.4 Å². The standard InChI is InChI=1S/C20H22N4O/c1-15(25)16-5-7-17(8-6-16)18-3-2-4-20-19(18)13-22-24(20)14-23-11-9-21-10-12-23/h2-8,13,21H,9-12,14H2,1H3. The summed E-state index contributed by atoms with van der Waals surface area (Å²) < 4.78 is 2.08. The minimum atomic E-state index is 0.0913. The summed E-state index contributed by atoms with van der Waals surface area (Å²) >= 11 is 0. The fraction of sp³-hybridized carbons (Fsp3) is 0.300. The van der Waals surface area contributed by atoms with E-state index in [1.807, 2.05) is 30.5 Å². The summed E-state index contributed by atoms with van der Waals surface area (Å²) in [5, 5.41) is 9.15. The van der Waals surface area contributed by atoms with Gasteiger partial charge in [0.1, 0.15) is 0 Å². The molecule has 0 spiro atoms. The molecule has 1 aliphatic rings. The van der Waals surface area contributed by atoms with Crippen molar-refractivity contribution in [1.29, 1.82) is 0 Å². The molecule has 0 saturated carbocycles. The van der Waals surface area contributed by atoms with Gasteiger partial charge in [-0.05, 0) is 24.1 Å². The molecule has 3 aromatic rings. The molecule has 4 rings (SSSR count). The molecular weight excluding hydrogens is 312 g/mol. The van der Waals surface area contributed by atoms with E-state index >= 15 is 0 Å². The van der Waals surface area contributed by atoms with E-state index in [-0.39, 0.29) is 5.78 Å². The van der Waals surface area contributed by atoms with Crippen LogP contribution in [0.3, 0.4) is 0 Å². The monoisotopic (exact) mass is 334 g/mol. The number of aromatic nitrogens is 2. The van der Waals surface area contributed by atoms with Crippen LogP contribution in [0.5, 0.6) is 0 Å². The normalized spacial score (nSPS) is 15.6. The smallest absolute Gasteiger partial charge is 0.159 e. The zero-order chi connectivity index (χ0) is 17.2. The predicted molar refractivity (Wildman–Crippen MR) is 99.6 cm³/mol. The first-order valence-corrected chi connectivity index (χ1v) is 8.71. The van der Waals surface area contributed by atoms with Crippen molar-refractivity contribution in [2.24, 2.45) is 0 Å². The van der Waals surface area contributed by atoms with Crippen molar-refractivity contribution in [3.63, 3.8) is 0 Å². The highest BCUT2D eigenvalue weighted by Crippen LogP contribution is 2.29. The van der Waals surface area contributed by atoms with Gasteiger partial charge < -0.3 is 5.32 Å². The minimum Gasteiger partial charge on any atom is -0.314 e. The van der Waals surface area contributed by atoms with Crippen molar-refractivity contribution in [3.05, 3.63) is 54.2 Å². The van der Waals surface area contributed by atoms with Crippen LogP contribution in [0.25, 0.3) is 22.0 Å². The molecule has 1 N–H and O–H groups in total. The van der Waals surface area contributed by atoms with E-state index in [2.05, 4.69) is 38.2 Å². The van der Waals surface area contributed by atoms with E-state index in [9.17, 15) is 4.79 Å². The Morgan fingerprint density at radius 3 is 2.60 bits per heavy atom. The molecule has 1 aromatic heterocycles. The summed E-state index contributed by atoms with van der Waals surface area (Å²) in [6.07, 6.45) is 1.95. The largest absolute Gasteiger partial charge is 0.314 e. The fourth-order valence-corrected chi connectivity index (χ4v) is 3.39. The van der Waals surface area contributed by atoms with Crippen LogP contribution in [-0.2, 0) is 6.67 Å². The molecule has 2 aromatic carbocycles. The van der Waals surface area contributed by atoms with Gasteiger partial charge in [0, 0.05) is 37.1 Å². The molecule has 25 heavy (non-hydrogen) atoms. The Morgan fingerprint density at radius 2 is 1.88 bits per heavy atom. The van der Waals surface area contributed by atoms with Crippen LogP contribution < -0.4 is 5.32 Å². The molecule has 0 aliphatic carbocycles. The summed E-state index contributed by atoms with van der Waals surface area (Å²) in [4.78, 5) is 13.9. The lowest BCUT2D eigenvalue weighted by Gasteiger charge is -2.27. The van der Waals surface area contributed by atoms with E-state index in [4.69, 9.17) is 0 Å². The number of hydrogen-bond acceptors (Lipinski definition) is 4. The van der Waals surface area contributed by atoms with E-state index in [1.165, 1.54) is 0 Å². The van der Waals surface area contributed by atoms with Crippen molar-refractivity contribution in [2.75, 3.05) is 26.2 Å². The highest BCUT2D eigenvalue weighted by Gasteiger charge is 2.13. The lowest BCUT2D eigenvalue weighted by Crippen LogP contribution is -2.44. The molecule has 1 aliphatic heterocycles. The van der Waals surface area contributed by atoms with Crippen LogP contribution in [0.1, 0.15) is 17.3 Å². The number of rotatable bonds is 4. The predicted octanol–water partition coefficient (Wildman–Crippen LogP) is 2.77. The topological polar surface area (TPSA) is 50.2 Å². The summed E-state index contributed by atoms with van der Waals surface area (Å²) in [6, 6.07) is 14.1. The Balaban J connectivity index is 1.67. The van der Waals surface area contributed by atoms with Crippen molar-refractivity contribution in [1.82, 2.24) is 20.0 Å². The van der Waals surface area contributed by atoms with Crippen LogP contribution in [0.15, 0.2) is 48.7 Å². The minimum absolute atomic E-state index is 0.0913. The van der Waals surface area contributed by atoms with Gasteiger partial charge in [0.2, 0.25) is 0 Å². The molecular formula is C20H22N4O. The quantitative estimate of drug-likeness (QED) is 0.746. The molecule has 5 heteroatoms. The van der Waals surface area contributed by atoms with Gasteiger partial charge in [-0.2, -0.15) is 5.10 Å². The Bertz CT molecular complexity index is 892. The number of carbonyl (C=O) groups excluding carboxylic acids is 1. The second-order valence-electron chi connectivity index (χ2n) is 6.53. The average molecular weight is 334 g/mol. The molecule has 0 amide bonds. The highest BCUT2D eigenvalue weighted by atomic mass is 16.1. The molecule has 2 heterocycles. The molecule has 0 radical (unpaired) electrons. The number of Topliss-reactive ketones (excluding diaryl/α,β-unsaturated/α-hetero) is 1. The number of piperazine rings is 1. The maximum atomic E-state index is 11.5. The van der Waals surface area contributed by atoms with Crippen molar-refractivity contribution >= 4 is 16.7 Å². The van der Waals surface area contributed by atoms with E-state index in [0.29, 0.717) is 0 Å². The molecule has 0 bridgehead atoms. The van der Waals surface area contributed by atoms with E-state index in [1.54, 1.807) is 6.92 Å². The lowest BCUT2D eigenvalue weighted by molar-refractivity contribution is 0.101. The Labute approximate surface area is 147 Å². The zero-order valence-electron chi connectivity index (χ0n) is 14.4. The number of ketones is 1. The molecule has 0 unspecified atom stereocenters. The van der Waals surface area contributed by atoms with Gasteiger partial charge in [0.05, 0.1) is 18.4 Å². The van der Waals surface area contributed by atoms with Crippen LogP contribution in [0, 0.1) is 0 Å². The van der Waals surface area contributed by atoms with Gasteiger partial charge in [0.25, 0.3) is 0 Å². The molecule has 1 saturated heterocycles. The van der Waals surface area contributed by atoms with Crippen molar-refractivity contribution in [2.45, 2.75) is 13.6 Å². The third-order valence-corrected chi connectivity index (χ3v) is 4.83. The Morgan fingerprint density at radius 1 is 1.12 bits per heavy atom. The summed E-state index contributed by atoms with van der Waals surface area (Å²) in [5.74, 6) is 0.0913.